The molecule has 1 heterocycles. The summed E-state index contributed by atoms with van der Waals surface area (Å²) in [7, 11) is 2.05. The van der Waals surface area contributed by atoms with Gasteiger partial charge >= 0.3 is 0 Å². The summed E-state index contributed by atoms with van der Waals surface area (Å²) < 4.78 is 5.41. The smallest absolute Gasteiger partial charge is 0.262 e. The number of amides is 2. The predicted octanol–water partition coefficient (Wildman–Crippen LogP) is 2.75. The fourth-order valence-electron chi connectivity index (χ4n) is 2.77. The van der Waals surface area contributed by atoms with Crippen molar-refractivity contribution in [3.8, 4) is 5.75 Å². The number of carbonyl (C=O) groups excluding carboxylic acids is 2. The summed E-state index contributed by atoms with van der Waals surface area (Å²) in [6.45, 7) is 3.12. The number of benzene rings is 2. The van der Waals surface area contributed by atoms with E-state index in [-0.39, 0.29) is 18.4 Å². The molecule has 0 aliphatic carbocycles. The molecule has 1 aliphatic heterocycles. The Bertz CT molecular complexity index is 785. The first-order valence-electron chi connectivity index (χ1n) is 8.77. The van der Waals surface area contributed by atoms with Gasteiger partial charge in [0.05, 0.1) is 0 Å². The predicted molar refractivity (Wildman–Crippen MR) is 105 cm³/mol. The van der Waals surface area contributed by atoms with E-state index in [1.165, 1.54) is 0 Å². The first-order chi connectivity index (χ1) is 13.0. The molecule has 1 N–H and O–H groups in total. The van der Waals surface area contributed by atoms with E-state index in [1.54, 1.807) is 48.5 Å². The minimum absolute atomic E-state index is 0.0204. The van der Waals surface area contributed by atoms with Gasteiger partial charge in [0.25, 0.3) is 11.8 Å². The van der Waals surface area contributed by atoms with E-state index in [2.05, 4.69) is 17.3 Å². The van der Waals surface area contributed by atoms with Crippen molar-refractivity contribution in [3.05, 3.63) is 59.1 Å². The van der Waals surface area contributed by atoms with Crippen molar-refractivity contribution < 1.29 is 14.3 Å². The number of carbonyl (C=O) groups is 2. The van der Waals surface area contributed by atoms with Crippen LogP contribution in [0.5, 0.6) is 5.75 Å². The van der Waals surface area contributed by atoms with Crippen molar-refractivity contribution in [2.45, 2.75) is 0 Å². The maximum Gasteiger partial charge on any atom is 0.262 e. The molecule has 27 heavy (non-hydrogen) atoms. The van der Waals surface area contributed by atoms with Crippen molar-refractivity contribution in [2.75, 3.05) is 45.2 Å². The summed E-state index contributed by atoms with van der Waals surface area (Å²) in [5.74, 6) is 0.317. The number of hydrogen-bond donors (Lipinski definition) is 1. The maximum atomic E-state index is 12.5. The highest BCUT2D eigenvalue weighted by Crippen LogP contribution is 2.16. The van der Waals surface area contributed by atoms with Gasteiger partial charge in [-0.05, 0) is 55.6 Å². The number of hydrogen-bond acceptors (Lipinski definition) is 4. The lowest BCUT2D eigenvalue weighted by Gasteiger charge is -2.32. The molecule has 0 saturated carbocycles. The maximum absolute atomic E-state index is 12.5. The molecule has 2 aromatic rings. The van der Waals surface area contributed by atoms with Gasteiger partial charge in [-0.2, -0.15) is 0 Å². The van der Waals surface area contributed by atoms with Gasteiger partial charge in [-0.1, -0.05) is 11.6 Å². The molecule has 2 amide bonds. The summed E-state index contributed by atoms with van der Waals surface area (Å²) in [4.78, 5) is 28.6. The third-order valence-electron chi connectivity index (χ3n) is 4.39. The van der Waals surface area contributed by atoms with Crippen LogP contribution >= 0.6 is 11.6 Å². The van der Waals surface area contributed by atoms with Crippen LogP contribution in [0.15, 0.2) is 48.5 Å². The van der Waals surface area contributed by atoms with Crippen LogP contribution in [0.4, 0.5) is 5.69 Å². The quantitative estimate of drug-likeness (QED) is 0.856. The van der Waals surface area contributed by atoms with Crippen LogP contribution in [-0.2, 0) is 4.79 Å². The number of nitrogens with zero attached hydrogens (tertiary/aromatic N) is 2. The molecule has 1 saturated heterocycles. The Morgan fingerprint density at radius 1 is 1.00 bits per heavy atom. The molecule has 0 unspecified atom stereocenters. The molecule has 7 heteroatoms. The van der Waals surface area contributed by atoms with Crippen molar-refractivity contribution in [3.63, 3.8) is 0 Å². The van der Waals surface area contributed by atoms with E-state index < -0.39 is 0 Å². The zero-order valence-corrected chi connectivity index (χ0v) is 15.9. The highest BCUT2D eigenvalue weighted by Gasteiger charge is 2.20. The number of likely N-dealkylation sites (N-methyl/N-ethyl adjacent to an activating group) is 1. The molecule has 0 bridgehead atoms. The average Bonchev–Trinajstić information content (AvgIpc) is 2.68. The molecule has 0 atom stereocenters. The lowest BCUT2D eigenvalue weighted by atomic mass is 10.1. The minimum Gasteiger partial charge on any atom is -0.484 e. The normalized spacial score (nSPS) is 14.7. The van der Waals surface area contributed by atoms with E-state index in [9.17, 15) is 9.59 Å². The topological polar surface area (TPSA) is 61.9 Å². The fourth-order valence-corrected chi connectivity index (χ4v) is 2.89. The van der Waals surface area contributed by atoms with Crippen LogP contribution in [0.2, 0.25) is 5.02 Å². The second kappa shape index (κ2) is 8.88. The van der Waals surface area contributed by atoms with Crippen LogP contribution in [0.3, 0.4) is 0 Å². The highest BCUT2D eigenvalue weighted by molar-refractivity contribution is 6.30. The summed E-state index contributed by atoms with van der Waals surface area (Å²) in [6.07, 6.45) is 0. The summed E-state index contributed by atoms with van der Waals surface area (Å²) >= 11 is 5.81. The number of piperazine rings is 1. The lowest BCUT2D eigenvalue weighted by Crippen LogP contribution is -2.47. The second-order valence-corrected chi connectivity index (χ2v) is 6.90. The number of rotatable bonds is 5. The minimum atomic E-state index is -0.275. The average molecular weight is 388 g/mol. The van der Waals surface area contributed by atoms with Gasteiger partial charge in [0.1, 0.15) is 5.75 Å². The first kappa shape index (κ1) is 19.2. The standard InChI is InChI=1S/C20H22ClN3O3/c1-23-10-12-24(13-11-23)20(26)15-2-6-17(7-3-15)22-19(25)14-27-18-8-4-16(21)5-9-18/h2-9H,10-14H2,1H3,(H,22,25). The molecule has 0 spiro atoms. The Balaban J connectivity index is 1.50. The van der Waals surface area contributed by atoms with Crippen molar-refractivity contribution in [1.82, 2.24) is 9.80 Å². The molecule has 0 radical (unpaired) electrons. The van der Waals surface area contributed by atoms with Crippen molar-refractivity contribution in [2.24, 2.45) is 0 Å². The third kappa shape index (κ3) is 5.45. The van der Waals surface area contributed by atoms with Crippen LogP contribution in [0, 0.1) is 0 Å². The van der Waals surface area contributed by atoms with Gasteiger partial charge in [0.15, 0.2) is 6.61 Å². The van der Waals surface area contributed by atoms with Gasteiger partial charge in [0, 0.05) is 42.5 Å². The Morgan fingerprint density at radius 2 is 1.63 bits per heavy atom. The van der Waals surface area contributed by atoms with Gasteiger partial charge in [-0.25, -0.2) is 0 Å². The SMILES string of the molecule is CN1CCN(C(=O)c2ccc(NC(=O)COc3ccc(Cl)cc3)cc2)CC1. The van der Waals surface area contributed by atoms with Gasteiger partial charge in [-0.15, -0.1) is 0 Å². The monoisotopic (exact) mass is 387 g/mol. The lowest BCUT2D eigenvalue weighted by molar-refractivity contribution is -0.118. The number of anilines is 1. The number of nitrogens with one attached hydrogen (secondary N) is 1. The van der Waals surface area contributed by atoms with E-state index >= 15 is 0 Å². The van der Waals surface area contributed by atoms with Crippen molar-refractivity contribution in [1.29, 1.82) is 0 Å². The molecule has 6 nitrogen and oxygen atoms in total. The molecule has 0 aromatic heterocycles. The Labute approximate surface area is 163 Å². The molecule has 2 aromatic carbocycles. The molecular formula is C20H22ClN3O3. The second-order valence-electron chi connectivity index (χ2n) is 6.46. The summed E-state index contributed by atoms with van der Waals surface area (Å²) in [5.41, 5.74) is 1.24. The molecular weight excluding hydrogens is 366 g/mol. The number of ether oxygens (including phenoxy) is 1. The van der Waals surface area contributed by atoms with E-state index in [0.29, 0.717) is 22.0 Å². The highest BCUT2D eigenvalue weighted by atomic mass is 35.5. The van der Waals surface area contributed by atoms with Gasteiger partial charge in [0.2, 0.25) is 0 Å². The van der Waals surface area contributed by atoms with Crippen LogP contribution < -0.4 is 10.1 Å². The Morgan fingerprint density at radius 3 is 2.26 bits per heavy atom. The van der Waals surface area contributed by atoms with Gasteiger partial charge in [-0.3, -0.25) is 9.59 Å². The molecule has 1 aliphatic rings. The molecule has 3 rings (SSSR count). The van der Waals surface area contributed by atoms with E-state index in [0.717, 1.165) is 26.2 Å². The molecule has 142 valence electrons. The van der Waals surface area contributed by atoms with Crippen LogP contribution in [0.1, 0.15) is 10.4 Å². The zero-order chi connectivity index (χ0) is 19.2. The van der Waals surface area contributed by atoms with Crippen LogP contribution in [-0.4, -0.2) is 61.4 Å². The van der Waals surface area contributed by atoms with Crippen molar-refractivity contribution >= 4 is 29.1 Å². The summed E-state index contributed by atoms with van der Waals surface area (Å²) in [5, 5.41) is 3.36. The molecule has 1 fully saturated rings. The Hall–Kier alpha value is -2.57. The van der Waals surface area contributed by atoms with E-state index in [1.807, 2.05) is 4.90 Å². The first-order valence-corrected chi connectivity index (χ1v) is 9.15. The number of halogens is 1. The summed E-state index contributed by atoms with van der Waals surface area (Å²) in [6, 6.07) is 13.7. The third-order valence-corrected chi connectivity index (χ3v) is 4.64. The fraction of sp³-hybridized carbons (Fsp3) is 0.300. The van der Waals surface area contributed by atoms with E-state index in [4.69, 9.17) is 16.3 Å². The largest absolute Gasteiger partial charge is 0.484 e. The Kier molecular flexibility index (Phi) is 6.32. The zero-order valence-electron chi connectivity index (χ0n) is 15.2. The van der Waals surface area contributed by atoms with Gasteiger partial charge < -0.3 is 19.9 Å². The van der Waals surface area contributed by atoms with Crippen LogP contribution in [0.25, 0.3) is 0 Å².